The summed E-state index contributed by atoms with van der Waals surface area (Å²) in [6.07, 6.45) is 4.74. The quantitative estimate of drug-likeness (QED) is 0.339. The number of hydrogen-bond donors (Lipinski definition) is 2. The van der Waals surface area contributed by atoms with E-state index in [0.29, 0.717) is 19.4 Å². The maximum absolute atomic E-state index is 11.9. The Morgan fingerprint density at radius 1 is 1.13 bits per heavy atom. The van der Waals surface area contributed by atoms with Crippen molar-refractivity contribution in [3.8, 4) is 16.9 Å². The Bertz CT molecular complexity index is 1230. The van der Waals surface area contributed by atoms with E-state index in [0.717, 1.165) is 49.5 Å². The van der Waals surface area contributed by atoms with Gasteiger partial charge in [0.05, 0.1) is 12.1 Å². The van der Waals surface area contributed by atoms with E-state index in [2.05, 4.69) is 9.97 Å². The molecule has 0 aliphatic rings. The van der Waals surface area contributed by atoms with Gasteiger partial charge in [0.1, 0.15) is 11.4 Å². The van der Waals surface area contributed by atoms with Crippen LogP contribution in [0.2, 0.25) is 5.02 Å². The summed E-state index contributed by atoms with van der Waals surface area (Å²) in [7, 11) is 0. The smallest absolute Gasteiger partial charge is 0.352 e. The first-order valence-electron chi connectivity index (χ1n) is 10.1. The number of aryl methyl sites for hydroxylation is 3. The molecule has 5 nitrogen and oxygen atoms in total. The second-order valence-corrected chi connectivity index (χ2v) is 7.95. The van der Waals surface area contributed by atoms with Gasteiger partial charge in [-0.2, -0.15) is 0 Å². The lowest BCUT2D eigenvalue weighted by molar-refractivity contribution is 0.0690. The van der Waals surface area contributed by atoms with Gasteiger partial charge in [-0.05, 0) is 73.2 Å². The molecule has 0 amide bonds. The van der Waals surface area contributed by atoms with Gasteiger partial charge in [-0.3, -0.25) is 4.98 Å². The highest BCUT2D eigenvalue weighted by Crippen LogP contribution is 2.32. The first-order chi connectivity index (χ1) is 15.0. The largest absolute Gasteiger partial charge is 0.494 e. The van der Waals surface area contributed by atoms with Gasteiger partial charge < -0.3 is 14.8 Å². The molecule has 0 bridgehead atoms. The molecule has 31 heavy (non-hydrogen) atoms. The number of hydrogen-bond acceptors (Lipinski definition) is 3. The zero-order chi connectivity index (χ0) is 22.0. The molecule has 0 atom stereocenters. The fourth-order valence-electron chi connectivity index (χ4n) is 3.92. The van der Waals surface area contributed by atoms with Crippen LogP contribution in [0.15, 0.2) is 54.9 Å². The number of H-pyrrole nitrogens is 1. The van der Waals surface area contributed by atoms with Crippen LogP contribution in [0.3, 0.4) is 0 Å². The zero-order valence-corrected chi connectivity index (χ0v) is 18.2. The number of nitrogens with zero attached hydrogens (tertiary/aromatic N) is 1. The normalized spacial score (nSPS) is 11.1. The van der Waals surface area contributed by atoms with Crippen molar-refractivity contribution in [1.29, 1.82) is 0 Å². The minimum Gasteiger partial charge on any atom is -0.494 e. The van der Waals surface area contributed by atoms with Crippen LogP contribution in [0.25, 0.3) is 22.0 Å². The van der Waals surface area contributed by atoms with Gasteiger partial charge >= 0.3 is 5.97 Å². The first kappa shape index (κ1) is 20.9. The topological polar surface area (TPSA) is 75.2 Å². The van der Waals surface area contributed by atoms with Crippen molar-refractivity contribution in [1.82, 2.24) is 9.97 Å². The van der Waals surface area contributed by atoms with Crippen LogP contribution in [-0.2, 0) is 6.42 Å². The van der Waals surface area contributed by atoms with Crippen molar-refractivity contribution in [2.45, 2.75) is 26.7 Å². The molecule has 0 saturated carbocycles. The number of ether oxygens (including phenoxy) is 1. The fourth-order valence-corrected chi connectivity index (χ4v) is 4.03. The number of fused-ring (bicyclic) bond motifs is 1. The van der Waals surface area contributed by atoms with E-state index in [1.165, 1.54) is 0 Å². The predicted octanol–water partition coefficient (Wildman–Crippen LogP) is 6.21. The van der Waals surface area contributed by atoms with Crippen molar-refractivity contribution >= 4 is 28.5 Å². The summed E-state index contributed by atoms with van der Waals surface area (Å²) in [6.45, 7) is 4.39. The van der Waals surface area contributed by atoms with Crippen LogP contribution in [-0.4, -0.2) is 27.7 Å². The molecule has 2 aromatic heterocycles. The average molecular weight is 435 g/mol. The van der Waals surface area contributed by atoms with Crippen molar-refractivity contribution in [3.05, 3.63) is 82.3 Å². The molecule has 4 aromatic rings. The molecule has 4 rings (SSSR count). The monoisotopic (exact) mass is 434 g/mol. The molecule has 0 fully saturated rings. The maximum Gasteiger partial charge on any atom is 0.352 e. The van der Waals surface area contributed by atoms with Gasteiger partial charge in [-0.25, -0.2) is 4.79 Å². The Kier molecular flexibility index (Phi) is 5.96. The molecule has 0 spiro atoms. The Morgan fingerprint density at radius 2 is 1.84 bits per heavy atom. The number of rotatable bonds is 7. The Morgan fingerprint density at radius 3 is 2.52 bits per heavy atom. The van der Waals surface area contributed by atoms with E-state index < -0.39 is 5.97 Å². The maximum atomic E-state index is 11.9. The second-order valence-electron chi connectivity index (χ2n) is 7.57. The van der Waals surface area contributed by atoms with Gasteiger partial charge in [-0.1, -0.05) is 29.8 Å². The van der Waals surface area contributed by atoms with Crippen molar-refractivity contribution < 1.29 is 14.6 Å². The van der Waals surface area contributed by atoms with Crippen molar-refractivity contribution in [3.63, 3.8) is 0 Å². The number of halogens is 1. The minimum absolute atomic E-state index is 0.231. The van der Waals surface area contributed by atoms with E-state index in [1.807, 2.05) is 56.3 Å². The number of benzene rings is 2. The number of carboxylic acid groups (broad SMARTS) is 1. The molecular weight excluding hydrogens is 412 g/mol. The summed E-state index contributed by atoms with van der Waals surface area (Å²) < 4.78 is 5.90. The number of nitrogens with one attached hydrogen (secondary N) is 1. The van der Waals surface area contributed by atoms with Gasteiger partial charge in [-0.15, -0.1) is 0 Å². The van der Waals surface area contributed by atoms with E-state index in [1.54, 1.807) is 12.4 Å². The predicted molar refractivity (Wildman–Crippen MR) is 123 cm³/mol. The summed E-state index contributed by atoms with van der Waals surface area (Å²) >= 11 is 6.22. The van der Waals surface area contributed by atoms with E-state index in [-0.39, 0.29) is 5.69 Å². The highest BCUT2D eigenvalue weighted by molar-refractivity contribution is 6.32. The van der Waals surface area contributed by atoms with Crippen molar-refractivity contribution in [2.75, 3.05) is 6.61 Å². The highest BCUT2D eigenvalue weighted by atomic mass is 35.5. The SMILES string of the molecule is Cc1cc(OCCCc2c(C(=O)O)[nH]c3c(-c4ccncc4)cccc23)cc(C)c1Cl. The van der Waals surface area contributed by atoms with E-state index in [4.69, 9.17) is 16.3 Å². The number of para-hydroxylation sites is 1. The number of aromatic nitrogens is 2. The number of aromatic carboxylic acids is 1. The van der Waals surface area contributed by atoms with Gasteiger partial charge in [0.2, 0.25) is 0 Å². The molecule has 0 aliphatic carbocycles. The molecule has 2 N–H and O–H groups in total. The standard InChI is InChI=1S/C25H23ClN2O3/c1-15-13-18(14-16(2)22(15)26)31-12-4-7-21-20-6-3-5-19(17-8-10-27-11-9-17)23(20)28-24(21)25(29)30/h3,5-6,8-11,13-14,28H,4,7,12H2,1-2H3,(H,29,30). The second kappa shape index (κ2) is 8.82. The van der Waals surface area contributed by atoms with Gasteiger partial charge in [0, 0.05) is 28.4 Å². The third-order valence-corrected chi connectivity index (χ3v) is 5.99. The number of carbonyl (C=O) groups is 1. The van der Waals surface area contributed by atoms with Crippen LogP contribution in [0.1, 0.15) is 33.6 Å². The molecule has 2 aromatic carbocycles. The van der Waals surface area contributed by atoms with Crippen LogP contribution in [0, 0.1) is 13.8 Å². The Hall–Kier alpha value is -3.31. The number of aromatic amines is 1. The Labute approximate surface area is 185 Å². The first-order valence-corrected chi connectivity index (χ1v) is 10.5. The number of carboxylic acids is 1. The number of pyridine rings is 1. The molecule has 2 heterocycles. The van der Waals surface area contributed by atoms with Crippen LogP contribution in [0.5, 0.6) is 5.75 Å². The summed E-state index contributed by atoms with van der Waals surface area (Å²) in [5.41, 5.74) is 5.75. The lowest BCUT2D eigenvalue weighted by Gasteiger charge is -2.10. The van der Waals surface area contributed by atoms with E-state index in [9.17, 15) is 9.90 Å². The van der Waals surface area contributed by atoms with Crippen LogP contribution in [0.4, 0.5) is 0 Å². The summed E-state index contributed by atoms with van der Waals surface area (Å²) in [4.78, 5) is 19.1. The summed E-state index contributed by atoms with van der Waals surface area (Å²) in [5, 5.41) is 11.4. The third kappa shape index (κ3) is 4.28. The molecule has 0 radical (unpaired) electrons. The minimum atomic E-state index is -0.961. The highest BCUT2D eigenvalue weighted by Gasteiger charge is 2.19. The van der Waals surface area contributed by atoms with Crippen LogP contribution < -0.4 is 4.74 Å². The molecular formula is C25H23ClN2O3. The lowest BCUT2D eigenvalue weighted by Crippen LogP contribution is -2.04. The van der Waals surface area contributed by atoms with E-state index >= 15 is 0 Å². The molecule has 6 heteroatoms. The lowest BCUT2D eigenvalue weighted by atomic mass is 10.0. The third-order valence-electron chi connectivity index (χ3n) is 5.40. The zero-order valence-electron chi connectivity index (χ0n) is 17.4. The molecule has 0 unspecified atom stereocenters. The summed E-state index contributed by atoms with van der Waals surface area (Å²) in [5.74, 6) is -0.187. The molecule has 0 saturated heterocycles. The fraction of sp³-hybridized carbons (Fsp3) is 0.200. The molecule has 158 valence electrons. The summed E-state index contributed by atoms with van der Waals surface area (Å²) in [6, 6.07) is 13.6. The van der Waals surface area contributed by atoms with Crippen LogP contribution >= 0.6 is 11.6 Å². The van der Waals surface area contributed by atoms with Crippen molar-refractivity contribution in [2.24, 2.45) is 0 Å². The van der Waals surface area contributed by atoms with Gasteiger partial charge in [0.25, 0.3) is 0 Å². The molecule has 0 aliphatic heterocycles. The van der Waals surface area contributed by atoms with Gasteiger partial charge in [0.15, 0.2) is 0 Å². The average Bonchev–Trinajstić information content (AvgIpc) is 3.14. The Balaban J connectivity index is 1.57.